The Kier molecular flexibility index (Phi) is 10.0. The number of amides is 1. The van der Waals surface area contributed by atoms with Gasteiger partial charge in [0.1, 0.15) is 0 Å². The number of carboxylic acid groups (broad SMARTS) is 1. The van der Waals surface area contributed by atoms with Gasteiger partial charge in [-0.15, -0.1) is 11.3 Å². The van der Waals surface area contributed by atoms with Crippen LogP contribution in [0.25, 0.3) is 0 Å². The van der Waals surface area contributed by atoms with Crippen molar-refractivity contribution in [2.45, 2.75) is 32.2 Å². The molecule has 1 rings (SSSR count). The van der Waals surface area contributed by atoms with E-state index in [1.54, 1.807) is 11.3 Å². The van der Waals surface area contributed by atoms with Crippen LogP contribution in [0.5, 0.6) is 0 Å². The maximum Gasteiger partial charge on any atom is 1.00 e. The smallest absolute Gasteiger partial charge is 0.550 e. The molecular weight excluding hydrogens is 329 g/mol. The van der Waals surface area contributed by atoms with Gasteiger partial charge in [0.05, 0.1) is 6.54 Å². The molecule has 1 aromatic heterocycles. The second-order valence-corrected chi connectivity index (χ2v) is 5.40. The minimum atomic E-state index is -1.06. The van der Waals surface area contributed by atoms with Crippen LogP contribution in [0.1, 0.15) is 30.6 Å². The number of hydrogen-bond donors (Lipinski definition) is 1. The van der Waals surface area contributed by atoms with Crippen LogP contribution < -0.4 is 40.0 Å². The van der Waals surface area contributed by atoms with E-state index in [2.05, 4.69) is 21.2 Å². The van der Waals surface area contributed by atoms with Crippen molar-refractivity contribution in [1.29, 1.82) is 0 Å². The zero-order valence-corrected chi connectivity index (χ0v) is 14.6. The Morgan fingerprint density at radius 3 is 2.56 bits per heavy atom. The molecule has 1 heterocycles. The van der Waals surface area contributed by atoms with Crippen LogP contribution >= 0.6 is 27.3 Å². The maximum atomic E-state index is 11.4. The number of carboxylic acids is 1. The van der Waals surface area contributed by atoms with Crippen LogP contribution in [-0.4, -0.2) is 11.9 Å². The maximum absolute atomic E-state index is 11.4. The molecule has 0 radical (unpaired) electrons. The molecule has 18 heavy (non-hydrogen) atoms. The fourth-order valence-corrected chi connectivity index (χ4v) is 2.71. The first-order valence-corrected chi connectivity index (χ1v) is 6.95. The number of thiophene rings is 1. The fourth-order valence-electron chi connectivity index (χ4n) is 1.27. The SMILES string of the molecule is O=C([O-])CCCCC(=O)NCc1sccc1Br.[Na+]. The van der Waals surface area contributed by atoms with E-state index < -0.39 is 5.97 Å². The number of carbonyl (C=O) groups is 2. The topological polar surface area (TPSA) is 69.2 Å². The van der Waals surface area contributed by atoms with Crippen molar-refractivity contribution in [1.82, 2.24) is 5.32 Å². The molecule has 0 spiro atoms. The molecule has 0 aliphatic rings. The molecule has 1 aromatic rings. The molecule has 0 aliphatic heterocycles. The third-order valence-corrected chi connectivity index (χ3v) is 4.10. The summed E-state index contributed by atoms with van der Waals surface area (Å²) in [5.74, 6) is -1.11. The first kappa shape index (κ1) is 18.1. The van der Waals surface area contributed by atoms with Crippen molar-refractivity contribution in [2.24, 2.45) is 0 Å². The average molecular weight is 342 g/mol. The second kappa shape index (κ2) is 9.97. The van der Waals surface area contributed by atoms with Crippen molar-refractivity contribution in [3.63, 3.8) is 0 Å². The van der Waals surface area contributed by atoms with E-state index in [0.717, 1.165) is 9.35 Å². The number of unbranched alkanes of at least 4 members (excludes halogenated alkanes) is 1. The number of hydrogen-bond acceptors (Lipinski definition) is 4. The molecule has 0 unspecified atom stereocenters. The Labute approximate surface area is 141 Å². The van der Waals surface area contributed by atoms with Crippen molar-refractivity contribution < 1.29 is 44.3 Å². The zero-order chi connectivity index (χ0) is 12.7. The van der Waals surface area contributed by atoms with E-state index in [9.17, 15) is 14.7 Å². The predicted molar refractivity (Wildman–Crippen MR) is 67.3 cm³/mol. The molecule has 1 N–H and O–H groups in total. The molecule has 1 amide bonds. The summed E-state index contributed by atoms with van der Waals surface area (Å²) in [6.07, 6.45) is 1.43. The predicted octanol–water partition coefficient (Wildman–Crippen LogP) is -1.56. The zero-order valence-electron chi connectivity index (χ0n) is 10.2. The average Bonchev–Trinajstić information content (AvgIpc) is 2.67. The summed E-state index contributed by atoms with van der Waals surface area (Å²) in [5.41, 5.74) is 0. The van der Waals surface area contributed by atoms with Crippen molar-refractivity contribution in [3.8, 4) is 0 Å². The summed E-state index contributed by atoms with van der Waals surface area (Å²) < 4.78 is 1.000. The second-order valence-electron chi connectivity index (χ2n) is 3.55. The largest absolute Gasteiger partial charge is 1.00 e. The minimum absolute atomic E-state index is 0. The van der Waals surface area contributed by atoms with Crippen LogP contribution in [0.15, 0.2) is 15.9 Å². The van der Waals surface area contributed by atoms with Gasteiger partial charge in [-0.25, -0.2) is 0 Å². The molecular formula is C11H13BrNNaO3S. The Hall–Kier alpha value is 0.120. The number of nitrogens with one attached hydrogen (secondary N) is 1. The van der Waals surface area contributed by atoms with Crippen LogP contribution in [0, 0.1) is 0 Å². The van der Waals surface area contributed by atoms with Gasteiger partial charge in [-0.05, 0) is 46.6 Å². The Morgan fingerprint density at radius 2 is 2.00 bits per heavy atom. The van der Waals surface area contributed by atoms with Gasteiger partial charge in [-0.1, -0.05) is 0 Å². The molecule has 0 aliphatic carbocycles. The number of rotatable bonds is 7. The Bertz CT molecular complexity index is 397. The molecule has 7 heteroatoms. The molecule has 0 saturated carbocycles. The van der Waals surface area contributed by atoms with Crippen LogP contribution in [0.2, 0.25) is 0 Å². The molecule has 0 saturated heterocycles. The minimum Gasteiger partial charge on any atom is -0.550 e. The number of aliphatic carboxylic acids is 1. The fraction of sp³-hybridized carbons (Fsp3) is 0.455. The summed E-state index contributed by atoms with van der Waals surface area (Å²) in [6, 6.07) is 1.94. The van der Waals surface area contributed by atoms with Gasteiger partial charge in [-0.2, -0.15) is 0 Å². The van der Waals surface area contributed by atoms with E-state index >= 15 is 0 Å². The summed E-state index contributed by atoms with van der Waals surface area (Å²) in [7, 11) is 0. The van der Waals surface area contributed by atoms with Gasteiger partial charge in [0, 0.05) is 21.7 Å². The molecule has 94 valence electrons. The van der Waals surface area contributed by atoms with Gasteiger partial charge in [0.2, 0.25) is 5.91 Å². The van der Waals surface area contributed by atoms with E-state index in [-0.39, 0.29) is 41.9 Å². The van der Waals surface area contributed by atoms with Crippen LogP contribution in [0.4, 0.5) is 0 Å². The summed E-state index contributed by atoms with van der Waals surface area (Å²) >= 11 is 4.96. The standard InChI is InChI=1S/C11H14BrNO3S.Na/c12-8-5-6-17-9(8)7-13-10(14)3-1-2-4-11(15)16;/h5-6H,1-4,7H2,(H,13,14)(H,15,16);/q;+1/p-1. The molecule has 0 fully saturated rings. The van der Waals surface area contributed by atoms with E-state index in [1.165, 1.54) is 0 Å². The first-order chi connectivity index (χ1) is 8.09. The van der Waals surface area contributed by atoms with E-state index in [1.807, 2.05) is 11.4 Å². The van der Waals surface area contributed by atoms with Crippen molar-refractivity contribution >= 4 is 39.1 Å². The monoisotopic (exact) mass is 341 g/mol. The molecule has 4 nitrogen and oxygen atoms in total. The number of carbonyl (C=O) groups excluding carboxylic acids is 2. The quantitative estimate of drug-likeness (QED) is 0.482. The van der Waals surface area contributed by atoms with Gasteiger partial charge in [0.25, 0.3) is 0 Å². The molecule has 0 aromatic carbocycles. The Morgan fingerprint density at radius 1 is 1.33 bits per heavy atom. The van der Waals surface area contributed by atoms with Crippen LogP contribution in [0.3, 0.4) is 0 Å². The normalized spacial score (nSPS) is 9.61. The van der Waals surface area contributed by atoms with Gasteiger partial charge < -0.3 is 15.2 Å². The Balaban J connectivity index is 0.00000289. The van der Waals surface area contributed by atoms with Crippen LogP contribution in [-0.2, 0) is 16.1 Å². The summed E-state index contributed by atoms with van der Waals surface area (Å²) in [5, 5.41) is 14.9. The number of halogens is 1. The first-order valence-electron chi connectivity index (χ1n) is 5.28. The third-order valence-electron chi connectivity index (χ3n) is 2.17. The van der Waals surface area contributed by atoms with Gasteiger partial charge >= 0.3 is 29.6 Å². The van der Waals surface area contributed by atoms with E-state index in [0.29, 0.717) is 25.8 Å². The summed E-state index contributed by atoms with van der Waals surface area (Å²) in [4.78, 5) is 22.6. The van der Waals surface area contributed by atoms with Crippen molar-refractivity contribution in [3.05, 3.63) is 20.8 Å². The van der Waals surface area contributed by atoms with Gasteiger partial charge in [-0.3, -0.25) is 4.79 Å². The third kappa shape index (κ3) is 7.53. The van der Waals surface area contributed by atoms with E-state index in [4.69, 9.17) is 0 Å². The van der Waals surface area contributed by atoms with Crippen molar-refractivity contribution in [2.75, 3.05) is 0 Å². The molecule has 0 atom stereocenters. The molecule has 0 bridgehead atoms. The summed E-state index contributed by atoms with van der Waals surface area (Å²) in [6.45, 7) is 0.511. The van der Waals surface area contributed by atoms with Gasteiger partial charge in [0.15, 0.2) is 0 Å².